The number of imidazole rings is 1. The third-order valence-electron chi connectivity index (χ3n) is 3.86. The fraction of sp³-hybridized carbons (Fsp3) is 0.429. The standard InChI is InChI=1S/C14H17N3O3S/c1-10(14(18)16-11-6-7-21(19,20)8-11)17-9-15-12-4-2-3-5-13(12)17/h2-5,9-11H,6-8H2,1H3,(H,16,18)/t10-,11-/m0/s1. The molecule has 112 valence electrons. The first kappa shape index (κ1) is 14.1. The third-order valence-corrected chi connectivity index (χ3v) is 5.62. The minimum absolute atomic E-state index is 0.0378. The number of rotatable bonds is 3. The van der Waals surface area contributed by atoms with Crippen molar-refractivity contribution in [1.29, 1.82) is 0 Å². The summed E-state index contributed by atoms with van der Waals surface area (Å²) in [6.07, 6.45) is 2.13. The number of benzene rings is 1. The minimum atomic E-state index is -2.99. The highest BCUT2D eigenvalue weighted by atomic mass is 32.2. The second-order valence-corrected chi connectivity index (χ2v) is 7.65. The summed E-state index contributed by atoms with van der Waals surface area (Å²) < 4.78 is 24.7. The van der Waals surface area contributed by atoms with E-state index in [0.29, 0.717) is 6.42 Å². The third kappa shape index (κ3) is 2.78. The Morgan fingerprint density at radius 1 is 1.43 bits per heavy atom. The van der Waals surface area contributed by atoms with Gasteiger partial charge in [-0.3, -0.25) is 4.79 Å². The van der Waals surface area contributed by atoms with E-state index in [2.05, 4.69) is 10.3 Å². The maximum Gasteiger partial charge on any atom is 0.243 e. The van der Waals surface area contributed by atoms with Crippen molar-refractivity contribution in [2.45, 2.75) is 25.4 Å². The summed E-state index contributed by atoms with van der Waals surface area (Å²) in [7, 11) is -2.99. The summed E-state index contributed by atoms with van der Waals surface area (Å²) in [5.74, 6) is 0.0106. The maximum atomic E-state index is 12.3. The van der Waals surface area contributed by atoms with Gasteiger partial charge >= 0.3 is 0 Å². The van der Waals surface area contributed by atoms with Gasteiger partial charge in [0.25, 0.3) is 0 Å². The lowest BCUT2D eigenvalue weighted by atomic mass is 10.2. The van der Waals surface area contributed by atoms with E-state index in [1.165, 1.54) is 0 Å². The number of fused-ring (bicyclic) bond motifs is 1. The average molecular weight is 307 g/mol. The van der Waals surface area contributed by atoms with Crippen LogP contribution >= 0.6 is 0 Å². The Morgan fingerprint density at radius 3 is 2.90 bits per heavy atom. The summed E-state index contributed by atoms with van der Waals surface area (Å²) in [5, 5.41) is 2.82. The number of para-hydroxylation sites is 2. The van der Waals surface area contributed by atoms with Gasteiger partial charge in [0.2, 0.25) is 5.91 Å². The van der Waals surface area contributed by atoms with E-state index >= 15 is 0 Å². The Balaban J connectivity index is 1.76. The van der Waals surface area contributed by atoms with Crippen molar-refractivity contribution < 1.29 is 13.2 Å². The van der Waals surface area contributed by atoms with Crippen LogP contribution in [0.5, 0.6) is 0 Å². The van der Waals surface area contributed by atoms with Gasteiger partial charge in [-0.05, 0) is 25.5 Å². The van der Waals surface area contributed by atoms with Gasteiger partial charge in [0.1, 0.15) is 6.04 Å². The molecule has 0 bridgehead atoms. The molecule has 0 aliphatic carbocycles. The summed E-state index contributed by atoms with van der Waals surface area (Å²) in [6, 6.07) is 6.88. The van der Waals surface area contributed by atoms with Crippen LogP contribution in [0.25, 0.3) is 11.0 Å². The molecule has 6 nitrogen and oxygen atoms in total. The number of sulfone groups is 1. The van der Waals surface area contributed by atoms with Crippen molar-refractivity contribution in [3.63, 3.8) is 0 Å². The molecule has 0 radical (unpaired) electrons. The molecule has 1 fully saturated rings. The summed E-state index contributed by atoms with van der Waals surface area (Å²) in [6.45, 7) is 1.78. The number of aromatic nitrogens is 2. The molecular weight excluding hydrogens is 290 g/mol. The monoisotopic (exact) mass is 307 g/mol. The van der Waals surface area contributed by atoms with Crippen LogP contribution in [0.2, 0.25) is 0 Å². The van der Waals surface area contributed by atoms with Gasteiger partial charge in [0.15, 0.2) is 9.84 Å². The fourth-order valence-corrected chi connectivity index (χ4v) is 4.32. The molecule has 1 amide bonds. The zero-order chi connectivity index (χ0) is 15.0. The van der Waals surface area contributed by atoms with Gasteiger partial charge in [-0.2, -0.15) is 0 Å². The van der Waals surface area contributed by atoms with Crippen molar-refractivity contribution in [2.24, 2.45) is 0 Å². The first-order valence-electron chi connectivity index (χ1n) is 6.89. The molecule has 7 heteroatoms. The van der Waals surface area contributed by atoms with Gasteiger partial charge < -0.3 is 9.88 Å². The molecule has 1 aliphatic rings. The molecule has 0 saturated carbocycles. The Bertz CT molecular complexity index is 782. The highest BCUT2D eigenvalue weighted by molar-refractivity contribution is 7.91. The summed E-state index contributed by atoms with van der Waals surface area (Å²) in [4.78, 5) is 16.6. The van der Waals surface area contributed by atoms with Crippen LogP contribution in [0.1, 0.15) is 19.4 Å². The molecule has 1 aromatic carbocycles. The lowest BCUT2D eigenvalue weighted by Crippen LogP contribution is -2.39. The topological polar surface area (TPSA) is 81.1 Å². The second kappa shape index (κ2) is 5.14. The van der Waals surface area contributed by atoms with E-state index < -0.39 is 15.9 Å². The average Bonchev–Trinajstić information content (AvgIpc) is 3.01. The van der Waals surface area contributed by atoms with Crippen molar-refractivity contribution in [3.8, 4) is 0 Å². The molecule has 0 spiro atoms. The van der Waals surface area contributed by atoms with Crippen LogP contribution in [0.3, 0.4) is 0 Å². The number of hydrogen-bond acceptors (Lipinski definition) is 4. The second-order valence-electron chi connectivity index (χ2n) is 5.43. The van der Waals surface area contributed by atoms with Crippen LogP contribution in [0.15, 0.2) is 30.6 Å². The fourth-order valence-electron chi connectivity index (χ4n) is 2.64. The summed E-state index contributed by atoms with van der Waals surface area (Å²) >= 11 is 0. The highest BCUT2D eigenvalue weighted by Gasteiger charge is 2.30. The smallest absolute Gasteiger partial charge is 0.243 e. The van der Waals surface area contributed by atoms with Gasteiger partial charge in [0.05, 0.1) is 28.9 Å². The predicted octanol–water partition coefficient (Wildman–Crippen LogP) is 0.901. The number of nitrogens with zero attached hydrogens (tertiary/aromatic N) is 2. The van der Waals surface area contributed by atoms with Crippen molar-refractivity contribution in [3.05, 3.63) is 30.6 Å². The van der Waals surface area contributed by atoms with Crippen LogP contribution in [0, 0.1) is 0 Å². The Kier molecular flexibility index (Phi) is 3.44. The molecule has 2 atom stereocenters. The zero-order valence-electron chi connectivity index (χ0n) is 11.7. The first-order valence-corrected chi connectivity index (χ1v) is 8.71. The van der Waals surface area contributed by atoms with E-state index in [4.69, 9.17) is 0 Å². The summed E-state index contributed by atoms with van der Waals surface area (Å²) in [5.41, 5.74) is 1.72. The van der Waals surface area contributed by atoms with Gasteiger partial charge in [-0.1, -0.05) is 12.1 Å². The van der Waals surface area contributed by atoms with Gasteiger partial charge in [-0.25, -0.2) is 13.4 Å². The number of amides is 1. The minimum Gasteiger partial charge on any atom is -0.351 e. The van der Waals surface area contributed by atoms with Gasteiger partial charge in [0, 0.05) is 6.04 Å². The molecule has 0 unspecified atom stereocenters. The van der Waals surface area contributed by atoms with E-state index in [1.54, 1.807) is 17.8 Å². The molecule has 21 heavy (non-hydrogen) atoms. The van der Waals surface area contributed by atoms with E-state index in [1.807, 2.05) is 24.3 Å². The number of nitrogens with one attached hydrogen (secondary N) is 1. The van der Waals surface area contributed by atoms with Crippen LogP contribution in [0.4, 0.5) is 0 Å². The van der Waals surface area contributed by atoms with Crippen LogP contribution in [-0.4, -0.2) is 41.4 Å². The van der Waals surface area contributed by atoms with E-state index in [-0.39, 0.29) is 23.5 Å². The number of carbonyl (C=O) groups excluding carboxylic acids is 1. The zero-order valence-corrected chi connectivity index (χ0v) is 12.5. The van der Waals surface area contributed by atoms with Crippen molar-refractivity contribution in [2.75, 3.05) is 11.5 Å². The van der Waals surface area contributed by atoms with Gasteiger partial charge in [-0.15, -0.1) is 0 Å². The lowest BCUT2D eigenvalue weighted by Gasteiger charge is -2.17. The first-order chi connectivity index (χ1) is 9.96. The van der Waals surface area contributed by atoms with Crippen molar-refractivity contribution >= 4 is 26.8 Å². The molecular formula is C14H17N3O3S. The molecule has 1 aliphatic heterocycles. The van der Waals surface area contributed by atoms with E-state index in [9.17, 15) is 13.2 Å². The molecule has 1 saturated heterocycles. The molecule has 2 aromatic rings. The van der Waals surface area contributed by atoms with E-state index in [0.717, 1.165) is 11.0 Å². The molecule has 3 rings (SSSR count). The lowest BCUT2D eigenvalue weighted by molar-refractivity contribution is -0.124. The van der Waals surface area contributed by atoms with Crippen molar-refractivity contribution in [1.82, 2.24) is 14.9 Å². The van der Waals surface area contributed by atoms with Crippen LogP contribution < -0.4 is 5.32 Å². The molecule has 2 heterocycles. The molecule has 1 aromatic heterocycles. The quantitative estimate of drug-likeness (QED) is 0.913. The Hall–Kier alpha value is -1.89. The SMILES string of the molecule is C[C@@H](C(=O)N[C@H]1CCS(=O)(=O)C1)n1cnc2ccccc21. The largest absolute Gasteiger partial charge is 0.351 e. The number of carbonyl (C=O) groups is 1. The Labute approximate surface area is 123 Å². The normalized spacial score (nSPS) is 22.2. The Morgan fingerprint density at radius 2 is 2.19 bits per heavy atom. The highest BCUT2D eigenvalue weighted by Crippen LogP contribution is 2.18. The van der Waals surface area contributed by atoms with Crippen LogP contribution in [-0.2, 0) is 14.6 Å². The maximum absolute atomic E-state index is 12.3. The predicted molar refractivity (Wildman–Crippen MR) is 79.6 cm³/mol. The molecule has 1 N–H and O–H groups in total. The number of hydrogen-bond donors (Lipinski definition) is 1.